The lowest BCUT2D eigenvalue weighted by atomic mass is 9.97. The van der Waals surface area contributed by atoms with Crippen LogP contribution in [0.2, 0.25) is 5.02 Å². The van der Waals surface area contributed by atoms with Gasteiger partial charge in [0.25, 0.3) is 0 Å². The van der Waals surface area contributed by atoms with Crippen LogP contribution in [0.5, 0.6) is 0 Å². The fraction of sp³-hybridized carbons (Fsp3) is 0.222. The van der Waals surface area contributed by atoms with Gasteiger partial charge in [-0.05, 0) is 80.1 Å². The molecule has 0 N–H and O–H groups in total. The van der Waals surface area contributed by atoms with Gasteiger partial charge in [0.1, 0.15) is 5.71 Å². The molecule has 0 aliphatic rings. The van der Waals surface area contributed by atoms with Gasteiger partial charge in [-0.1, -0.05) is 54.9 Å². The summed E-state index contributed by atoms with van der Waals surface area (Å²) in [5, 5.41) is 6.44. The second kappa shape index (κ2) is 13.6. The van der Waals surface area contributed by atoms with Gasteiger partial charge in [0.05, 0.1) is 5.92 Å². The first-order valence-corrected chi connectivity index (χ1v) is 15.9. The number of nitrogens with zero attached hydrogens (tertiary/aromatic N) is 2. The molecule has 44 heavy (non-hydrogen) atoms. The molecule has 0 saturated heterocycles. The van der Waals surface area contributed by atoms with Gasteiger partial charge in [-0.2, -0.15) is 0 Å². The molecular weight excluding hydrogens is 592 g/mol. The Morgan fingerprint density at radius 1 is 0.886 bits per heavy atom. The van der Waals surface area contributed by atoms with Gasteiger partial charge in [0.15, 0.2) is 5.78 Å². The molecule has 1 heterocycles. The van der Waals surface area contributed by atoms with E-state index in [0.717, 1.165) is 38.8 Å². The van der Waals surface area contributed by atoms with Crippen molar-refractivity contribution >= 4 is 68.4 Å². The van der Waals surface area contributed by atoms with Gasteiger partial charge in [-0.15, -0.1) is 11.8 Å². The predicted octanol–water partition coefficient (Wildman–Crippen LogP) is 8.93. The molecule has 0 atom stereocenters. The third kappa shape index (κ3) is 6.64. The van der Waals surface area contributed by atoms with Crippen LogP contribution in [0, 0.1) is 12.8 Å². The van der Waals surface area contributed by atoms with E-state index in [1.54, 1.807) is 31.7 Å². The summed E-state index contributed by atoms with van der Waals surface area (Å²) in [4.78, 5) is 45.7. The zero-order valence-electron chi connectivity index (χ0n) is 25.1. The van der Waals surface area contributed by atoms with Crippen LogP contribution in [0.3, 0.4) is 0 Å². The first kappa shape index (κ1) is 31.2. The number of hydrogen-bond acceptors (Lipinski definition) is 6. The van der Waals surface area contributed by atoms with Crippen molar-refractivity contribution in [3.63, 3.8) is 0 Å². The highest BCUT2D eigenvalue weighted by atomic mass is 35.5. The third-order valence-corrected chi connectivity index (χ3v) is 8.76. The fourth-order valence-electron chi connectivity index (χ4n) is 5.08. The topological polar surface area (TPSA) is 77.7 Å². The van der Waals surface area contributed by atoms with Crippen LogP contribution < -0.4 is 0 Å². The zero-order valence-corrected chi connectivity index (χ0v) is 26.7. The van der Waals surface area contributed by atoms with Gasteiger partial charge in [0, 0.05) is 67.1 Å². The van der Waals surface area contributed by atoms with Crippen molar-refractivity contribution in [1.29, 1.82) is 0 Å². The van der Waals surface area contributed by atoms with Crippen LogP contribution in [0.1, 0.15) is 59.0 Å². The summed E-state index contributed by atoms with van der Waals surface area (Å²) in [6.07, 6.45) is 0.293. The number of halogens is 1. The summed E-state index contributed by atoms with van der Waals surface area (Å²) < 4.78 is 2.17. The quantitative estimate of drug-likeness (QED) is 0.0482. The van der Waals surface area contributed by atoms with Crippen LogP contribution >= 0.6 is 23.4 Å². The van der Waals surface area contributed by atoms with Gasteiger partial charge < -0.3 is 9.40 Å². The minimum absolute atomic E-state index is 0.0470. The van der Waals surface area contributed by atoms with Crippen molar-refractivity contribution in [3.05, 3.63) is 112 Å². The molecule has 0 fully saturated rings. The number of Topliss-reactive ketones (excluding diaryl/α,β-unsaturated/α-hetero) is 1. The number of carbonyl (C=O) groups excluding carboxylic acids is 3. The first-order valence-electron chi connectivity index (χ1n) is 14.5. The van der Waals surface area contributed by atoms with Gasteiger partial charge in [-0.25, -0.2) is 4.79 Å². The third-order valence-electron chi connectivity index (χ3n) is 7.50. The maximum atomic E-state index is 13.9. The summed E-state index contributed by atoms with van der Waals surface area (Å²) in [7, 11) is 0. The van der Waals surface area contributed by atoms with Crippen LogP contribution in [0.4, 0.5) is 0 Å². The standard InChI is InChI=1S/C36H33ClN2O4S/c1-5-39-32-16-10-24(34(40)28-9-7-6-8-23(28)4)20-29(32)30-21-25(11-17-33(30)39)35(41)31(38-43-36(42)22(2)3)18-19-44-27-14-12-26(37)13-15-27/h6-17,20-22H,5,18-19H2,1-4H3/b38-31+. The number of fused-ring (bicyclic) bond motifs is 3. The highest BCUT2D eigenvalue weighted by Crippen LogP contribution is 2.32. The molecule has 0 spiro atoms. The number of aromatic nitrogens is 1. The molecule has 0 aliphatic heterocycles. The number of oxime groups is 1. The van der Waals surface area contributed by atoms with Gasteiger partial charge in [-0.3, -0.25) is 9.59 Å². The molecule has 6 nitrogen and oxygen atoms in total. The van der Waals surface area contributed by atoms with Crippen molar-refractivity contribution in [2.75, 3.05) is 5.75 Å². The van der Waals surface area contributed by atoms with E-state index in [4.69, 9.17) is 16.4 Å². The Balaban J connectivity index is 1.51. The van der Waals surface area contributed by atoms with Crippen molar-refractivity contribution in [3.8, 4) is 0 Å². The Morgan fingerprint density at radius 3 is 2.16 bits per heavy atom. The van der Waals surface area contributed by atoms with Crippen molar-refractivity contribution in [2.24, 2.45) is 11.1 Å². The predicted molar refractivity (Wildman–Crippen MR) is 179 cm³/mol. The van der Waals surface area contributed by atoms with Crippen LogP contribution in [0.15, 0.2) is 95.0 Å². The summed E-state index contributed by atoms with van der Waals surface area (Å²) in [6.45, 7) is 8.14. The highest BCUT2D eigenvalue weighted by molar-refractivity contribution is 7.99. The minimum Gasteiger partial charge on any atom is -0.341 e. The SMILES string of the molecule is CCn1c2ccc(C(=O)/C(CCSc3ccc(Cl)cc3)=N/OC(=O)C(C)C)cc2c2cc(C(=O)c3ccccc3C)ccc21. The number of ketones is 2. The summed E-state index contributed by atoms with van der Waals surface area (Å²) >= 11 is 7.57. The second-order valence-corrected chi connectivity index (χ2v) is 12.4. The molecule has 5 aromatic rings. The van der Waals surface area contributed by atoms with Crippen LogP contribution in [-0.2, 0) is 16.2 Å². The fourth-order valence-corrected chi connectivity index (χ4v) is 6.07. The Labute approximate surface area is 266 Å². The Kier molecular flexibility index (Phi) is 9.67. The summed E-state index contributed by atoms with van der Waals surface area (Å²) in [5.41, 5.74) is 4.69. The smallest absolute Gasteiger partial charge is 0.337 e. The molecule has 0 bridgehead atoms. The van der Waals surface area contributed by atoms with E-state index < -0.39 is 5.97 Å². The average Bonchev–Trinajstić information content (AvgIpc) is 3.35. The maximum absolute atomic E-state index is 13.9. The molecule has 0 aliphatic carbocycles. The van der Waals surface area contributed by atoms with E-state index in [-0.39, 0.29) is 23.2 Å². The second-order valence-electron chi connectivity index (χ2n) is 10.8. The number of rotatable bonds is 11. The molecule has 0 amide bonds. The lowest BCUT2D eigenvalue weighted by molar-refractivity contribution is -0.147. The average molecular weight is 625 g/mol. The van der Waals surface area contributed by atoms with E-state index in [9.17, 15) is 14.4 Å². The Hall–Kier alpha value is -4.20. The van der Waals surface area contributed by atoms with Crippen molar-refractivity contribution in [1.82, 2.24) is 4.57 Å². The molecule has 224 valence electrons. The van der Waals surface area contributed by atoms with E-state index in [2.05, 4.69) is 16.6 Å². The van der Waals surface area contributed by atoms with Crippen LogP contribution in [-0.4, -0.2) is 33.6 Å². The van der Waals surface area contributed by atoms with E-state index in [1.165, 1.54) is 0 Å². The molecule has 0 saturated carbocycles. The van der Waals surface area contributed by atoms with Crippen molar-refractivity contribution in [2.45, 2.75) is 45.6 Å². The normalized spacial score (nSPS) is 11.8. The zero-order chi connectivity index (χ0) is 31.4. The molecule has 4 aromatic carbocycles. The molecule has 5 rings (SSSR count). The number of aryl methyl sites for hydroxylation is 2. The lowest BCUT2D eigenvalue weighted by Crippen LogP contribution is -2.18. The highest BCUT2D eigenvalue weighted by Gasteiger charge is 2.21. The van der Waals surface area contributed by atoms with Gasteiger partial charge in [0.2, 0.25) is 5.78 Å². The molecular formula is C36H33ClN2O4S. The minimum atomic E-state index is -0.507. The molecule has 8 heteroatoms. The first-order chi connectivity index (χ1) is 21.2. The monoisotopic (exact) mass is 624 g/mol. The largest absolute Gasteiger partial charge is 0.341 e. The Bertz CT molecular complexity index is 1910. The number of benzene rings is 4. The summed E-state index contributed by atoms with van der Waals surface area (Å²) in [5.74, 6) is -0.703. The molecule has 0 unspecified atom stereocenters. The van der Waals surface area contributed by atoms with Crippen molar-refractivity contribution < 1.29 is 19.2 Å². The van der Waals surface area contributed by atoms with E-state index >= 15 is 0 Å². The Morgan fingerprint density at radius 2 is 1.52 bits per heavy atom. The number of carbonyl (C=O) groups is 3. The number of hydrogen-bond donors (Lipinski definition) is 0. The van der Waals surface area contributed by atoms with E-state index in [0.29, 0.717) is 33.9 Å². The molecule has 1 aromatic heterocycles. The summed E-state index contributed by atoms with van der Waals surface area (Å²) in [6, 6.07) is 26.3. The maximum Gasteiger partial charge on any atom is 0.337 e. The lowest BCUT2D eigenvalue weighted by Gasteiger charge is -2.08. The van der Waals surface area contributed by atoms with Gasteiger partial charge >= 0.3 is 5.97 Å². The van der Waals surface area contributed by atoms with Crippen LogP contribution in [0.25, 0.3) is 21.8 Å². The number of thioether (sulfide) groups is 1. The van der Waals surface area contributed by atoms with E-state index in [1.807, 2.05) is 85.8 Å². The molecule has 0 radical (unpaired) electrons.